The van der Waals surface area contributed by atoms with Gasteiger partial charge in [0.05, 0.1) is 12.7 Å². The zero-order valence-corrected chi connectivity index (χ0v) is 15.9. The Morgan fingerprint density at radius 1 is 1.00 bits per heavy atom. The first-order chi connectivity index (χ1) is 14.1. The van der Waals surface area contributed by atoms with Gasteiger partial charge in [0.2, 0.25) is 0 Å². The third kappa shape index (κ3) is 4.57. The Bertz CT molecular complexity index is 1030. The number of ether oxygens (including phenoxy) is 1. The van der Waals surface area contributed by atoms with Gasteiger partial charge in [0.1, 0.15) is 11.5 Å². The second-order valence-corrected chi connectivity index (χ2v) is 6.77. The number of carbonyl (C=O) groups excluding carboxylic acids is 2. The molecule has 1 heterocycles. The van der Waals surface area contributed by atoms with E-state index in [2.05, 4.69) is 20.6 Å². The number of rotatable bonds is 6. The molecule has 0 saturated heterocycles. The molecule has 0 aliphatic heterocycles. The van der Waals surface area contributed by atoms with Gasteiger partial charge >= 0.3 is 5.97 Å². The van der Waals surface area contributed by atoms with Crippen LogP contribution in [0.1, 0.15) is 33.7 Å². The summed E-state index contributed by atoms with van der Waals surface area (Å²) in [6.07, 6.45) is 2.00. The van der Waals surface area contributed by atoms with Crippen LogP contribution in [0.3, 0.4) is 0 Å². The monoisotopic (exact) mass is 388 g/mol. The molecule has 3 aromatic rings. The summed E-state index contributed by atoms with van der Waals surface area (Å²) in [4.78, 5) is 33.2. The second kappa shape index (κ2) is 8.10. The number of hydrogen-bond donors (Lipinski definition) is 2. The van der Waals surface area contributed by atoms with Crippen molar-refractivity contribution in [3.05, 3.63) is 71.9 Å². The SMILES string of the molecule is COC(=O)c1ccc(Nc2cc(C(=O)NC3CC3)nc(-c3ccccc3)n2)cc1. The van der Waals surface area contributed by atoms with Crippen LogP contribution in [0.4, 0.5) is 11.5 Å². The van der Waals surface area contributed by atoms with Crippen LogP contribution in [0.25, 0.3) is 11.4 Å². The molecule has 1 aromatic heterocycles. The van der Waals surface area contributed by atoms with Crippen molar-refractivity contribution in [2.75, 3.05) is 12.4 Å². The standard InChI is InChI=1S/C22H20N4O3/c1-29-22(28)15-7-9-16(10-8-15)23-19-13-18(21(27)24-17-11-12-17)25-20(26-19)14-5-3-2-4-6-14/h2-10,13,17H,11-12H2,1H3,(H,24,27)(H,23,25,26). The van der Waals surface area contributed by atoms with Crippen LogP contribution in [0.2, 0.25) is 0 Å². The summed E-state index contributed by atoms with van der Waals surface area (Å²) in [5.41, 5.74) is 2.30. The van der Waals surface area contributed by atoms with E-state index in [-0.39, 0.29) is 11.9 Å². The van der Waals surface area contributed by atoms with Crippen LogP contribution >= 0.6 is 0 Å². The van der Waals surface area contributed by atoms with Crippen molar-refractivity contribution in [3.8, 4) is 11.4 Å². The fourth-order valence-electron chi connectivity index (χ4n) is 2.79. The predicted octanol–water partition coefficient (Wildman–Crippen LogP) is 3.57. The number of esters is 1. The van der Waals surface area contributed by atoms with E-state index in [9.17, 15) is 9.59 Å². The molecule has 1 aliphatic rings. The third-order valence-electron chi connectivity index (χ3n) is 4.48. The molecule has 0 unspecified atom stereocenters. The maximum absolute atomic E-state index is 12.6. The van der Waals surface area contributed by atoms with E-state index in [1.807, 2.05) is 30.3 Å². The molecule has 0 bridgehead atoms. The highest BCUT2D eigenvalue weighted by molar-refractivity contribution is 5.94. The van der Waals surface area contributed by atoms with Gasteiger partial charge in [-0.15, -0.1) is 0 Å². The lowest BCUT2D eigenvalue weighted by Crippen LogP contribution is -2.26. The Morgan fingerprint density at radius 2 is 1.72 bits per heavy atom. The fourth-order valence-corrected chi connectivity index (χ4v) is 2.79. The van der Waals surface area contributed by atoms with Crippen molar-refractivity contribution in [2.45, 2.75) is 18.9 Å². The van der Waals surface area contributed by atoms with Crippen LogP contribution < -0.4 is 10.6 Å². The summed E-state index contributed by atoms with van der Waals surface area (Å²) in [5, 5.41) is 6.14. The molecule has 1 fully saturated rings. The highest BCUT2D eigenvalue weighted by Crippen LogP contribution is 2.23. The Balaban J connectivity index is 1.64. The van der Waals surface area contributed by atoms with Gasteiger partial charge < -0.3 is 15.4 Å². The highest BCUT2D eigenvalue weighted by atomic mass is 16.5. The number of carbonyl (C=O) groups is 2. The van der Waals surface area contributed by atoms with E-state index >= 15 is 0 Å². The summed E-state index contributed by atoms with van der Waals surface area (Å²) in [7, 11) is 1.34. The molecule has 29 heavy (non-hydrogen) atoms. The molecule has 146 valence electrons. The molecule has 1 saturated carbocycles. The molecule has 7 nitrogen and oxygen atoms in total. The Kier molecular flexibility index (Phi) is 5.20. The number of methoxy groups -OCH3 is 1. The molecule has 0 radical (unpaired) electrons. The predicted molar refractivity (Wildman–Crippen MR) is 109 cm³/mol. The first kappa shape index (κ1) is 18.6. The van der Waals surface area contributed by atoms with Crippen molar-refractivity contribution in [1.29, 1.82) is 0 Å². The van der Waals surface area contributed by atoms with Crippen molar-refractivity contribution >= 4 is 23.4 Å². The largest absolute Gasteiger partial charge is 0.465 e. The Labute approximate surface area is 168 Å². The number of aromatic nitrogens is 2. The molecule has 2 N–H and O–H groups in total. The average Bonchev–Trinajstić information content (AvgIpc) is 3.58. The Morgan fingerprint density at radius 3 is 2.38 bits per heavy atom. The number of amides is 1. The average molecular weight is 388 g/mol. The van der Waals surface area contributed by atoms with E-state index in [0.717, 1.165) is 24.1 Å². The molecule has 0 atom stereocenters. The van der Waals surface area contributed by atoms with Gasteiger partial charge in [-0.05, 0) is 37.1 Å². The van der Waals surface area contributed by atoms with Gasteiger partial charge in [0, 0.05) is 23.4 Å². The zero-order chi connectivity index (χ0) is 20.2. The van der Waals surface area contributed by atoms with E-state index in [0.29, 0.717) is 22.9 Å². The molecular weight excluding hydrogens is 368 g/mol. The number of nitrogens with one attached hydrogen (secondary N) is 2. The van der Waals surface area contributed by atoms with Crippen LogP contribution in [0.5, 0.6) is 0 Å². The molecule has 0 spiro atoms. The van der Waals surface area contributed by atoms with Gasteiger partial charge in [-0.25, -0.2) is 14.8 Å². The zero-order valence-electron chi connectivity index (χ0n) is 15.9. The van der Waals surface area contributed by atoms with Gasteiger partial charge in [-0.2, -0.15) is 0 Å². The lowest BCUT2D eigenvalue weighted by molar-refractivity contribution is 0.0600. The first-order valence-corrected chi connectivity index (χ1v) is 9.33. The van der Waals surface area contributed by atoms with E-state index in [1.54, 1.807) is 30.3 Å². The minimum absolute atomic E-state index is 0.212. The van der Waals surface area contributed by atoms with Gasteiger partial charge in [-0.3, -0.25) is 4.79 Å². The van der Waals surface area contributed by atoms with Crippen LogP contribution in [0, 0.1) is 0 Å². The summed E-state index contributed by atoms with van der Waals surface area (Å²) in [5.74, 6) is 0.341. The molecule has 1 aliphatic carbocycles. The molecule has 1 amide bonds. The number of hydrogen-bond acceptors (Lipinski definition) is 6. The maximum atomic E-state index is 12.6. The third-order valence-corrected chi connectivity index (χ3v) is 4.48. The van der Waals surface area contributed by atoms with Crippen molar-refractivity contribution in [1.82, 2.24) is 15.3 Å². The van der Waals surface area contributed by atoms with Crippen molar-refractivity contribution in [3.63, 3.8) is 0 Å². The van der Waals surface area contributed by atoms with E-state index in [1.165, 1.54) is 7.11 Å². The van der Waals surface area contributed by atoms with Gasteiger partial charge in [0.25, 0.3) is 5.91 Å². The minimum Gasteiger partial charge on any atom is -0.465 e. The first-order valence-electron chi connectivity index (χ1n) is 9.33. The van der Waals surface area contributed by atoms with Crippen molar-refractivity contribution < 1.29 is 14.3 Å². The van der Waals surface area contributed by atoms with Crippen LogP contribution in [-0.2, 0) is 4.74 Å². The summed E-state index contributed by atoms with van der Waals surface area (Å²) < 4.78 is 4.71. The minimum atomic E-state index is -0.399. The lowest BCUT2D eigenvalue weighted by atomic mass is 10.2. The number of benzene rings is 2. The van der Waals surface area contributed by atoms with E-state index < -0.39 is 5.97 Å². The fraction of sp³-hybridized carbons (Fsp3) is 0.182. The second-order valence-electron chi connectivity index (χ2n) is 6.77. The smallest absolute Gasteiger partial charge is 0.337 e. The number of anilines is 2. The molecule has 4 rings (SSSR count). The molecule has 7 heteroatoms. The van der Waals surface area contributed by atoms with Crippen LogP contribution in [0.15, 0.2) is 60.7 Å². The van der Waals surface area contributed by atoms with Gasteiger partial charge in [-0.1, -0.05) is 30.3 Å². The van der Waals surface area contributed by atoms with Gasteiger partial charge in [0.15, 0.2) is 5.82 Å². The topological polar surface area (TPSA) is 93.2 Å². The summed E-state index contributed by atoms with van der Waals surface area (Å²) in [6, 6.07) is 18.2. The van der Waals surface area contributed by atoms with E-state index in [4.69, 9.17) is 4.74 Å². The highest BCUT2D eigenvalue weighted by Gasteiger charge is 2.25. The quantitative estimate of drug-likeness (QED) is 0.627. The maximum Gasteiger partial charge on any atom is 0.337 e. The van der Waals surface area contributed by atoms with Crippen LogP contribution in [-0.4, -0.2) is 35.0 Å². The number of nitrogens with zero attached hydrogens (tertiary/aromatic N) is 2. The normalized spacial score (nSPS) is 12.9. The molecular formula is C22H20N4O3. The summed E-state index contributed by atoms with van der Waals surface area (Å²) >= 11 is 0. The Hall–Kier alpha value is -3.74. The van der Waals surface area contributed by atoms with Crippen molar-refractivity contribution in [2.24, 2.45) is 0 Å². The molecule has 2 aromatic carbocycles. The lowest BCUT2D eigenvalue weighted by Gasteiger charge is -2.11. The summed E-state index contributed by atoms with van der Waals surface area (Å²) in [6.45, 7) is 0.